The van der Waals surface area contributed by atoms with Crippen LogP contribution in [0.5, 0.6) is 0 Å². The molecule has 0 unspecified atom stereocenters. The second-order valence-corrected chi connectivity index (χ2v) is 5.64. The summed E-state index contributed by atoms with van der Waals surface area (Å²) < 4.78 is 0. The van der Waals surface area contributed by atoms with Crippen molar-refractivity contribution in [3.8, 4) is 6.07 Å². The third-order valence-electron chi connectivity index (χ3n) is 4.11. The second kappa shape index (κ2) is 7.17. The van der Waals surface area contributed by atoms with Gasteiger partial charge in [-0.3, -0.25) is 14.8 Å². The van der Waals surface area contributed by atoms with Gasteiger partial charge in [-0.05, 0) is 23.8 Å². The van der Waals surface area contributed by atoms with E-state index in [1.165, 1.54) is 0 Å². The van der Waals surface area contributed by atoms with Crippen LogP contribution < -0.4 is 0 Å². The number of piperazine rings is 1. The zero-order valence-electron chi connectivity index (χ0n) is 12.7. The molecule has 1 aliphatic heterocycles. The van der Waals surface area contributed by atoms with Crippen LogP contribution in [0, 0.1) is 11.3 Å². The van der Waals surface area contributed by atoms with E-state index in [4.69, 9.17) is 0 Å². The van der Waals surface area contributed by atoms with Crippen molar-refractivity contribution in [3.05, 3.63) is 65.5 Å². The average Bonchev–Trinajstić information content (AvgIpc) is 2.58. The summed E-state index contributed by atoms with van der Waals surface area (Å²) in [6.07, 6.45) is 1.85. The van der Waals surface area contributed by atoms with E-state index in [1.807, 2.05) is 36.5 Å². The summed E-state index contributed by atoms with van der Waals surface area (Å²) in [5.74, 6) is 0. The van der Waals surface area contributed by atoms with Crippen molar-refractivity contribution in [2.45, 2.75) is 13.1 Å². The first-order chi connectivity index (χ1) is 10.8. The van der Waals surface area contributed by atoms with Crippen molar-refractivity contribution in [1.29, 1.82) is 5.26 Å². The summed E-state index contributed by atoms with van der Waals surface area (Å²) in [4.78, 5) is 9.25. The molecule has 4 nitrogen and oxygen atoms in total. The molecule has 1 saturated heterocycles. The van der Waals surface area contributed by atoms with Gasteiger partial charge < -0.3 is 0 Å². The largest absolute Gasteiger partial charge is 0.296 e. The molecule has 2 aromatic rings. The molecule has 0 bridgehead atoms. The zero-order valence-corrected chi connectivity index (χ0v) is 12.7. The van der Waals surface area contributed by atoms with Crippen LogP contribution in [0.15, 0.2) is 48.7 Å². The van der Waals surface area contributed by atoms with Crippen LogP contribution in [-0.2, 0) is 13.1 Å². The third-order valence-corrected chi connectivity index (χ3v) is 4.11. The van der Waals surface area contributed by atoms with Gasteiger partial charge in [0.05, 0.1) is 17.3 Å². The Morgan fingerprint density at radius 3 is 2.27 bits per heavy atom. The minimum Gasteiger partial charge on any atom is -0.296 e. The SMILES string of the molecule is N#Cc1ccccc1CN1CCN(Cc2ccccn2)CC1. The minimum atomic E-state index is 0.790. The maximum absolute atomic E-state index is 9.17. The van der Waals surface area contributed by atoms with Crippen LogP contribution in [0.4, 0.5) is 0 Å². The van der Waals surface area contributed by atoms with Crippen molar-refractivity contribution in [2.75, 3.05) is 26.2 Å². The van der Waals surface area contributed by atoms with Gasteiger partial charge in [0, 0.05) is 45.5 Å². The van der Waals surface area contributed by atoms with E-state index < -0.39 is 0 Å². The summed E-state index contributed by atoms with van der Waals surface area (Å²) in [6, 6.07) is 16.2. The Bertz CT molecular complexity index is 640. The number of hydrogen-bond donors (Lipinski definition) is 0. The van der Waals surface area contributed by atoms with Crippen molar-refractivity contribution >= 4 is 0 Å². The summed E-state index contributed by atoms with van der Waals surface area (Å²) in [6.45, 7) is 5.94. The van der Waals surface area contributed by atoms with Crippen LogP contribution in [0.2, 0.25) is 0 Å². The Kier molecular flexibility index (Phi) is 4.79. The van der Waals surface area contributed by atoms with Gasteiger partial charge in [-0.25, -0.2) is 0 Å². The number of rotatable bonds is 4. The summed E-state index contributed by atoms with van der Waals surface area (Å²) in [7, 11) is 0. The van der Waals surface area contributed by atoms with Crippen LogP contribution in [-0.4, -0.2) is 41.0 Å². The lowest BCUT2D eigenvalue weighted by Gasteiger charge is -2.34. The summed E-state index contributed by atoms with van der Waals surface area (Å²) >= 11 is 0. The quantitative estimate of drug-likeness (QED) is 0.867. The highest BCUT2D eigenvalue weighted by Gasteiger charge is 2.18. The van der Waals surface area contributed by atoms with E-state index in [-0.39, 0.29) is 0 Å². The fourth-order valence-corrected chi connectivity index (χ4v) is 2.83. The topological polar surface area (TPSA) is 43.2 Å². The molecule has 1 fully saturated rings. The standard InChI is InChI=1S/C18H20N4/c19-13-16-5-1-2-6-17(16)14-21-9-11-22(12-10-21)15-18-7-3-4-8-20-18/h1-8H,9-12,14-15H2. The van der Waals surface area contributed by atoms with E-state index >= 15 is 0 Å². The Hall–Kier alpha value is -2.22. The summed E-state index contributed by atoms with van der Waals surface area (Å²) in [5, 5.41) is 9.17. The van der Waals surface area contributed by atoms with Gasteiger partial charge >= 0.3 is 0 Å². The Morgan fingerprint density at radius 2 is 1.59 bits per heavy atom. The molecule has 0 saturated carbocycles. The first-order valence-corrected chi connectivity index (χ1v) is 7.68. The highest BCUT2D eigenvalue weighted by molar-refractivity contribution is 5.37. The first kappa shape index (κ1) is 14.7. The number of aromatic nitrogens is 1. The minimum absolute atomic E-state index is 0.790. The maximum atomic E-state index is 9.17. The smallest absolute Gasteiger partial charge is 0.0995 e. The van der Waals surface area contributed by atoms with Crippen molar-refractivity contribution < 1.29 is 0 Å². The molecule has 1 aromatic heterocycles. The molecule has 0 aliphatic carbocycles. The average molecular weight is 292 g/mol. The van der Waals surface area contributed by atoms with Crippen LogP contribution >= 0.6 is 0 Å². The molecular formula is C18H20N4. The lowest BCUT2D eigenvalue weighted by molar-refractivity contribution is 0.121. The van der Waals surface area contributed by atoms with E-state index in [9.17, 15) is 5.26 Å². The molecule has 0 amide bonds. The highest BCUT2D eigenvalue weighted by atomic mass is 15.3. The van der Waals surface area contributed by atoms with Gasteiger partial charge in [0.15, 0.2) is 0 Å². The molecule has 0 radical (unpaired) electrons. The highest BCUT2D eigenvalue weighted by Crippen LogP contribution is 2.13. The summed E-state index contributed by atoms with van der Waals surface area (Å²) in [5.41, 5.74) is 3.05. The van der Waals surface area contributed by atoms with E-state index in [2.05, 4.69) is 33.0 Å². The Morgan fingerprint density at radius 1 is 0.909 bits per heavy atom. The monoisotopic (exact) mass is 292 g/mol. The fourth-order valence-electron chi connectivity index (χ4n) is 2.83. The number of benzene rings is 1. The second-order valence-electron chi connectivity index (χ2n) is 5.64. The van der Waals surface area contributed by atoms with Gasteiger partial charge in [0.2, 0.25) is 0 Å². The van der Waals surface area contributed by atoms with Gasteiger partial charge in [0.1, 0.15) is 0 Å². The lowest BCUT2D eigenvalue weighted by Crippen LogP contribution is -2.45. The van der Waals surface area contributed by atoms with Gasteiger partial charge in [-0.15, -0.1) is 0 Å². The molecule has 1 aliphatic rings. The van der Waals surface area contributed by atoms with Crippen LogP contribution in [0.1, 0.15) is 16.8 Å². The van der Waals surface area contributed by atoms with Crippen LogP contribution in [0.3, 0.4) is 0 Å². The molecule has 0 spiro atoms. The number of hydrogen-bond acceptors (Lipinski definition) is 4. The fraction of sp³-hybridized carbons (Fsp3) is 0.333. The van der Waals surface area contributed by atoms with Crippen molar-refractivity contribution in [3.63, 3.8) is 0 Å². The molecule has 22 heavy (non-hydrogen) atoms. The van der Waals surface area contributed by atoms with E-state index in [1.54, 1.807) is 0 Å². The van der Waals surface area contributed by atoms with Gasteiger partial charge in [0.25, 0.3) is 0 Å². The van der Waals surface area contributed by atoms with Gasteiger partial charge in [-0.1, -0.05) is 24.3 Å². The molecule has 3 rings (SSSR count). The predicted molar refractivity (Wildman–Crippen MR) is 85.9 cm³/mol. The third kappa shape index (κ3) is 3.70. The Labute approximate surface area is 131 Å². The number of nitrogens with zero attached hydrogens (tertiary/aromatic N) is 4. The lowest BCUT2D eigenvalue weighted by atomic mass is 10.1. The number of nitriles is 1. The number of pyridine rings is 1. The van der Waals surface area contributed by atoms with E-state index in [0.29, 0.717) is 0 Å². The Balaban J connectivity index is 1.53. The predicted octanol–water partition coefficient (Wildman–Crippen LogP) is 2.27. The van der Waals surface area contributed by atoms with Crippen molar-refractivity contribution in [1.82, 2.24) is 14.8 Å². The van der Waals surface area contributed by atoms with Crippen LogP contribution in [0.25, 0.3) is 0 Å². The first-order valence-electron chi connectivity index (χ1n) is 7.68. The molecule has 2 heterocycles. The molecule has 4 heteroatoms. The van der Waals surface area contributed by atoms with Gasteiger partial charge in [-0.2, -0.15) is 5.26 Å². The van der Waals surface area contributed by atoms with E-state index in [0.717, 1.165) is 56.1 Å². The molecular weight excluding hydrogens is 272 g/mol. The molecule has 112 valence electrons. The zero-order chi connectivity index (χ0) is 15.2. The molecule has 0 N–H and O–H groups in total. The molecule has 1 aromatic carbocycles. The normalized spacial score (nSPS) is 16.3. The van der Waals surface area contributed by atoms with Crippen molar-refractivity contribution in [2.24, 2.45) is 0 Å². The maximum Gasteiger partial charge on any atom is 0.0995 e. The molecule has 0 atom stereocenters.